The van der Waals surface area contributed by atoms with Gasteiger partial charge in [-0.25, -0.2) is 0 Å². The zero-order valence-electron chi connectivity index (χ0n) is 6.87. The van der Waals surface area contributed by atoms with Gasteiger partial charge in [0.25, 0.3) is 0 Å². The molecule has 0 saturated carbocycles. The number of pyridine rings is 1. The molecule has 0 aliphatic rings. The minimum atomic E-state index is -0.0388. The number of ketones is 1. The molecule has 0 fully saturated rings. The lowest BCUT2D eigenvalue weighted by molar-refractivity contribution is 0.0997. The van der Waals surface area contributed by atoms with E-state index >= 15 is 0 Å². The fourth-order valence-corrected chi connectivity index (χ4v) is 0.967. The zero-order valence-corrected chi connectivity index (χ0v) is 6.87. The molecule has 0 aromatic carbocycles. The molecule has 60 valence electrons. The van der Waals surface area contributed by atoms with Crippen LogP contribution in [0.15, 0.2) is 18.3 Å². The average molecular weight is 159 g/mol. The van der Waals surface area contributed by atoms with Crippen molar-refractivity contribution in [2.24, 2.45) is 0 Å². The second-order valence-corrected chi connectivity index (χ2v) is 2.44. The second-order valence-electron chi connectivity index (χ2n) is 2.44. The summed E-state index contributed by atoms with van der Waals surface area (Å²) in [6.45, 7) is 1.80. The van der Waals surface area contributed by atoms with E-state index in [1.807, 2.05) is 0 Å². The highest BCUT2D eigenvalue weighted by molar-refractivity contribution is 5.98. The quantitative estimate of drug-likeness (QED) is 0.484. The molecule has 0 aliphatic carbocycles. The smallest absolute Gasteiger partial charge is 0.176 e. The van der Waals surface area contributed by atoms with Crippen molar-refractivity contribution in [3.05, 3.63) is 29.6 Å². The van der Waals surface area contributed by atoms with Crippen molar-refractivity contribution in [1.29, 1.82) is 0 Å². The molecule has 0 bridgehead atoms. The van der Waals surface area contributed by atoms with Crippen LogP contribution < -0.4 is 0 Å². The van der Waals surface area contributed by atoms with Gasteiger partial charge in [0.2, 0.25) is 0 Å². The molecule has 0 radical (unpaired) electrons. The van der Waals surface area contributed by atoms with E-state index < -0.39 is 0 Å². The van der Waals surface area contributed by atoms with Gasteiger partial charge < -0.3 is 0 Å². The monoisotopic (exact) mass is 159 g/mol. The van der Waals surface area contributed by atoms with Crippen LogP contribution in [0.2, 0.25) is 0 Å². The minimum absolute atomic E-state index is 0.0388. The highest BCUT2D eigenvalue weighted by atomic mass is 16.1. The first-order valence-corrected chi connectivity index (χ1v) is 3.64. The molecular weight excluding hydrogens is 150 g/mol. The number of rotatable bonds is 2. The number of aryl methyl sites for hydroxylation is 1. The number of Topliss-reactive ketones (excluding diaryl/α,β-unsaturated/α-hetero) is 1. The first kappa shape index (κ1) is 8.48. The molecule has 1 aromatic heterocycles. The summed E-state index contributed by atoms with van der Waals surface area (Å²) >= 11 is 0. The molecule has 0 amide bonds. The Bertz CT molecular complexity index is 336. The predicted molar refractivity (Wildman–Crippen MR) is 46.8 cm³/mol. The van der Waals surface area contributed by atoms with E-state index in [2.05, 4.69) is 10.9 Å². The Morgan fingerprint density at radius 2 is 2.50 bits per heavy atom. The van der Waals surface area contributed by atoms with E-state index in [0.29, 0.717) is 5.56 Å². The molecule has 12 heavy (non-hydrogen) atoms. The van der Waals surface area contributed by atoms with E-state index in [1.165, 1.54) is 0 Å². The Morgan fingerprint density at radius 1 is 1.75 bits per heavy atom. The van der Waals surface area contributed by atoms with Gasteiger partial charge in [-0.1, -0.05) is 5.92 Å². The number of hydrogen-bond donors (Lipinski definition) is 0. The van der Waals surface area contributed by atoms with Crippen molar-refractivity contribution in [3.8, 4) is 12.3 Å². The summed E-state index contributed by atoms with van der Waals surface area (Å²) in [5, 5.41) is 0. The van der Waals surface area contributed by atoms with Gasteiger partial charge in [-0.3, -0.25) is 9.78 Å². The van der Waals surface area contributed by atoms with Gasteiger partial charge in [-0.15, -0.1) is 6.42 Å². The van der Waals surface area contributed by atoms with Gasteiger partial charge in [-0.05, 0) is 19.1 Å². The van der Waals surface area contributed by atoms with Crippen LogP contribution >= 0.6 is 0 Å². The minimum Gasteiger partial charge on any atom is -0.293 e. The maximum absolute atomic E-state index is 11.3. The number of nitrogens with zero attached hydrogens (tertiary/aromatic N) is 1. The Balaban J connectivity index is 2.97. The molecule has 1 heterocycles. The van der Waals surface area contributed by atoms with Gasteiger partial charge in [0, 0.05) is 17.5 Å². The van der Waals surface area contributed by atoms with Gasteiger partial charge in [0.15, 0.2) is 5.78 Å². The number of hydrogen-bond acceptors (Lipinski definition) is 2. The van der Waals surface area contributed by atoms with E-state index in [1.54, 1.807) is 25.3 Å². The van der Waals surface area contributed by atoms with Crippen LogP contribution in [0, 0.1) is 19.3 Å². The van der Waals surface area contributed by atoms with Gasteiger partial charge in [-0.2, -0.15) is 0 Å². The first-order valence-electron chi connectivity index (χ1n) is 3.64. The molecular formula is C10H9NO. The third kappa shape index (κ3) is 1.70. The highest BCUT2D eigenvalue weighted by Crippen LogP contribution is 2.05. The van der Waals surface area contributed by atoms with Crippen molar-refractivity contribution < 1.29 is 4.79 Å². The molecule has 0 aliphatic heterocycles. The fraction of sp³-hybridized carbons (Fsp3) is 0.200. The SMILES string of the molecule is C#CCC(=O)c1cccnc1C. The topological polar surface area (TPSA) is 30.0 Å². The van der Waals surface area contributed by atoms with E-state index in [0.717, 1.165) is 5.69 Å². The van der Waals surface area contributed by atoms with Crippen LogP contribution in [0.4, 0.5) is 0 Å². The zero-order chi connectivity index (χ0) is 8.97. The molecule has 1 rings (SSSR count). The largest absolute Gasteiger partial charge is 0.293 e. The van der Waals surface area contributed by atoms with Crippen molar-refractivity contribution in [3.63, 3.8) is 0 Å². The molecule has 0 saturated heterocycles. The number of terminal acetylenes is 1. The third-order valence-corrected chi connectivity index (χ3v) is 1.57. The summed E-state index contributed by atoms with van der Waals surface area (Å²) in [5.74, 6) is 2.28. The summed E-state index contributed by atoms with van der Waals surface area (Å²) in [6, 6.07) is 3.47. The number of carbonyl (C=O) groups is 1. The standard InChI is InChI=1S/C10H9NO/c1-3-5-10(12)9-6-4-7-11-8(9)2/h1,4,6-7H,5H2,2H3. The van der Waals surface area contributed by atoms with Crippen LogP contribution in [0.5, 0.6) is 0 Å². The molecule has 1 aromatic rings. The van der Waals surface area contributed by atoms with Crippen molar-refractivity contribution in [2.45, 2.75) is 13.3 Å². The number of aromatic nitrogens is 1. The molecule has 2 nitrogen and oxygen atoms in total. The summed E-state index contributed by atoms with van der Waals surface area (Å²) in [7, 11) is 0. The lowest BCUT2D eigenvalue weighted by Gasteiger charge is -1.99. The maximum atomic E-state index is 11.3. The summed E-state index contributed by atoms with van der Waals surface area (Å²) in [6.07, 6.45) is 6.83. The molecule has 0 N–H and O–H groups in total. The van der Waals surface area contributed by atoms with E-state index in [-0.39, 0.29) is 12.2 Å². The summed E-state index contributed by atoms with van der Waals surface area (Å²) < 4.78 is 0. The van der Waals surface area contributed by atoms with Crippen LogP contribution in [0.25, 0.3) is 0 Å². The number of carbonyl (C=O) groups excluding carboxylic acids is 1. The fourth-order valence-electron chi connectivity index (χ4n) is 0.967. The average Bonchev–Trinajstić information content (AvgIpc) is 2.05. The first-order chi connectivity index (χ1) is 5.75. The third-order valence-electron chi connectivity index (χ3n) is 1.57. The van der Waals surface area contributed by atoms with Crippen LogP contribution in [-0.4, -0.2) is 10.8 Å². The van der Waals surface area contributed by atoms with Crippen molar-refractivity contribution >= 4 is 5.78 Å². The Labute approximate surface area is 71.6 Å². The molecule has 0 spiro atoms. The molecule has 2 heteroatoms. The Hall–Kier alpha value is -1.62. The lowest BCUT2D eigenvalue weighted by Crippen LogP contribution is -2.01. The summed E-state index contributed by atoms with van der Waals surface area (Å²) in [5.41, 5.74) is 1.35. The maximum Gasteiger partial charge on any atom is 0.176 e. The molecule has 0 unspecified atom stereocenters. The van der Waals surface area contributed by atoms with Gasteiger partial charge >= 0.3 is 0 Å². The summed E-state index contributed by atoms with van der Waals surface area (Å²) in [4.78, 5) is 15.3. The Kier molecular flexibility index (Phi) is 2.60. The Morgan fingerprint density at radius 3 is 3.08 bits per heavy atom. The second kappa shape index (κ2) is 3.68. The van der Waals surface area contributed by atoms with Gasteiger partial charge in [0.1, 0.15) is 0 Å². The highest BCUT2D eigenvalue weighted by Gasteiger charge is 2.06. The van der Waals surface area contributed by atoms with Crippen molar-refractivity contribution in [1.82, 2.24) is 4.98 Å². The van der Waals surface area contributed by atoms with E-state index in [9.17, 15) is 4.79 Å². The van der Waals surface area contributed by atoms with Crippen LogP contribution in [0.1, 0.15) is 22.5 Å². The van der Waals surface area contributed by atoms with Crippen molar-refractivity contribution in [2.75, 3.05) is 0 Å². The van der Waals surface area contributed by atoms with Crippen LogP contribution in [-0.2, 0) is 0 Å². The predicted octanol–water partition coefficient (Wildman–Crippen LogP) is 1.60. The van der Waals surface area contributed by atoms with Gasteiger partial charge in [0.05, 0.1) is 6.42 Å². The normalized spacial score (nSPS) is 9.00. The molecule has 0 atom stereocenters. The van der Waals surface area contributed by atoms with Crippen LogP contribution in [0.3, 0.4) is 0 Å². The van der Waals surface area contributed by atoms with E-state index in [4.69, 9.17) is 6.42 Å². The lowest BCUT2D eigenvalue weighted by atomic mass is 10.1.